The standard InChI is InChI=1S/C12H16BrNO/c1-14-7-6-12(8-14,9-15)10-2-4-11(13)5-3-10/h2-5,15H,6-9H2,1H3. The molecule has 1 heterocycles. The van der Waals surface area contributed by atoms with Crippen molar-refractivity contribution in [3.05, 3.63) is 34.3 Å². The average molecular weight is 270 g/mol. The molecule has 1 unspecified atom stereocenters. The Bertz CT molecular complexity index is 338. The molecule has 2 rings (SSSR count). The van der Waals surface area contributed by atoms with Crippen LogP contribution in [0, 0.1) is 0 Å². The normalized spacial score (nSPS) is 27.1. The van der Waals surface area contributed by atoms with Crippen LogP contribution in [0.2, 0.25) is 0 Å². The lowest BCUT2D eigenvalue weighted by Crippen LogP contribution is -2.33. The van der Waals surface area contributed by atoms with Crippen LogP contribution >= 0.6 is 15.9 Å². The number of aliphatic hydroxyl groups is 1. The molecule has 1 aliphatic heterocycles. The van der Waals surface area contributed by atoms with Crippen molar-refractivity contribution in [3.63, 3.8) is 0 Å². The average Bonchev–Trinajstić information content (AvgIpc) is 2.62. The van der Waals surface area contributed by atoms with Gasteiger partial charge in [0.1, 0.15) is 0 Å². The quantitative estimate of drug-likeness (QED) is 0.888. The fourth-order valence-corrected chi connectivity index (χ4v) is 2.60. The van der Waals surface area contributed by atoms with Crippen LogP contribution in [-0.4, -0.2) is 36.8 Å². The zero-order chi connectivity index (χ0) is 10.9. The Morgan fingerprint density at radius 1 is 1.40 bits per heavy atom. The lowest BCUT2D eigenvalue weighted by atomic mass is 9.80. The molecule has 0 amide bonds. The summed E-state index contributed by atoms with van der Waals surface area (Å²) in [6.07, 6.45) is 1.04. The van der Waals surface area contributed by atoms with E-state index in [0.717, 1.165) is 24.0 Å². The molecule has 1 N–H and O–H groups in total. The van der Waals surface area contributed by atoms with E-state index in [1.54, 1.807) is 0 Å². The van der Waals surface area contributed by atoms with Crippen LogP contribution in [0.4, 0.5) is 0 Å². The number of hydrogen-bond acceptors (Lipinski definition) is 2. The van der Waals surface area contributed by atoms with Crippen LogP contribution in [0.3, 0.4) is 0 Å². The van der Waals surface area contributed by atoms with Crippen LogP contribution in [0.5, 0.6) is 0 Å². The molecular formula is C12H16BrNO. The molecule has 0 aromatic heterocycles. The first-order chi connectivity index (χ1) is 7.16. The van der Waals surface area contributed by atoms with E-state index in [-0.39, 0.29) is 12.0 Å². The van der Waals surface area contributed by atoms with Crippen molar-refractivity contribution in [1.82, 2.24) is 4.90 Å². The van der Waals surface area contributed by atoms with E-state index in [0.29, 0.717) is 0 Å². The number of halogens is 1. The number of nitrogens with zero attached hydrogens (tertiary/aromatic N) is 1. The van der Waals surface area contributed by atoms with Crippen molar-refractivity contribution in [3.8, 4) is 0 Å². The van der Waals surface area contributed by atoms with Gasteiger partial charge in [-0.3, -0.25) is 0 Å². The predicted octanol–water partition coefficient (Wildman–Crippen LogP) is 2.01. The topological polar surface area (TPSA) is 23.5 Å². The second kappa shape index (κ2) is 4.24. The van der Waals surface area contributed by atoms with Crippen LogP contribution in [0.1, 0.15) is 12.0 Å². The van der Waals surface area contributed by atoms with Gasteiger partial charge in [0, 0.05) is 16.4 Å². The fourth-order valence-electron chi connectivity index (χ4n) is 2.34. The second-order valence-electron chi connectivity index (χ2n) is 4.43. The van der Waals surface area contributed by atoms with Gasteiger partial charge in [-0.25, -0.2) is 0 Å². The summed E-state index contributed by atoms with van der Waals surface area (Å²) in [6.45, 7) is 2.25. The lowest BCUT2D eigenvalue weighted by Gasteiger charge is -2.27. The van der Waals surface area contributed by atoms with Crippen molar-refractivity contribution in [2.45, 2.75) is 11.8 Å². The molecule has 1 saturated heterocycles. The molecule has 0 spiro atoms. The van der Waals surface area contributed by atoms with Gasteiger partial charge in [-0.2, -0.15) is 0 Å². The third kappa shape index (κ3) is 2.10. The minimum atomic E-state index is -0.0462. The van der Waals surface area contributed by atoms with Crippen LogP contribution in [-0.2, 0) is 5.41 Å². The molecule has 1 aromatic carbocycles. The minimum Gasteiger partial charge on any atom is -0.395 e. The Labute approximate surface area is 99.0 Å². The molecule has 1 atom stereocenters. The lowest BCUT2D eigenvalue weighted by molar-refractivity contribution is 0.195. The summed E-state index contributed by atoms with van der Waals surface area (Å²) in [7, 11) is 2.11. The maximum Gasteiger partial charge on any atom is 0.0540 e. The second-order valence-corrected chi connectivity index (χ2v) is 5.35. The summed E-state index contributed by atoms with van der Waals surface area (Å²) in [5, 5.41) is 9.62. The van der Waals surface area contributed by atoms with Gasteiger partial charge in [0.05, 0.1) is 6.61 Å². The minimum absolute atomic E-state index is 0.0462. The molecular weight excluding hydrogens is 254 g/mol. The summed E-state index contributed by atoms with van der Waals surface area (Å²) in [5.74, 6) is 0. The molecule has 3 heteroatoms. The van der Waals surface area contributed by atoms with Crippen molar-refractivity contribution in [1.29, 1.82) is 0 Å². The molecule has 0 aliphatic carbocycles. The number of likely N-dealkylation sites (tertiary alicyclic amines) is 1. The number of aliphatic hydroxyl groups excluding tert-OH is 1. The van der Waals surface area contributed by atoms with Crippen molar-refractivity contribution in [2.24, 2.45) is 0 Å². The molecule has 82 valence electrons. The molecule has 1 aliphatic rings. The third-order valence-electron chi connectivity index (χ3n) is 3.30. The van der Waals surface area contributed by atoms with Crippen molar-refractivity contribution >= 4 is 15.9 Å². The van der Waals surface area contributed by atoms with Gasteiger partial charge >= 0.3 is 0 Å². The first-order valence-electron chi connectivity index (χ1n) is 5.22. The van der Waals surface area contributed by atoms with E-state index in [4.69, 9.17) is 0 Å². The van der Waals surface area contributed by atoms with Crippen LogP contribution in [0.25, 0.3) is 0 Å². The Kier molecular flexibility index (Phi) is 3.14. The Morgan fingerprint density at radius 3 is 2.53 bits per heavy atom. The number of rotatable bonds is 2. The molecule has 0 bridgehead atoms. The predicted molar refractivity (Wildman–Crippen MR) is 65.0 cm³/mol. The smallest absolute Gasteiger partial charge is 0.0540 e. The van der Waals surface area contributed by atoms with Gasteiger partial charge < -0.3 is 10.0 Å². The van der Waals surface area contributed by atoms with E-state index < -0.39 is 0 Å². The van der Waals surface area contributed by atoms with E-state index >= 15 is 0 Å². The molecule has 0 radical (unpaired) electrons. The number of likely N-dealkylation sites (N-methyl/N-ethyl adjacent to an activating group) is 1. The summed E-state index contributed by atoms with van der Waals surface area (Å²) in [4.78, 5) is 2.28. The molecule has 1 aromatic rings. The van der Waals surface area contributed by atoms with Gasteiger partial charge in [0.2, 0.25) is 0 Å². The van der Waals surface area contributed by atoms with Crippen molar-refractivity contribution < 1.29 is 5.11 Å². The van der Waals surface area contributed by atoms with Crippen molar-refractivity contribution in [2.75, 3.05) is 26.7 Å². The Balaban J connectivity index is 2.30. The molecule has 15 heavy (non-hydrogen) atoms. The zero-order valence-electron chi connectivity index (χ0n) is 8.91. The van der Waals surface area contributed by atoms with Gasteiger partial charge in [0.15, 0.2) is 0 Å². The molecule has 2 nitrogen and oxygen atoms in total. The van der Waals surface area contributed by atoms with E-state index in [1.165, 1.54) is 5.56 Å². The van der Waals surface area contributed by atoms with Crippen LogP contribution in [0.15, 0.2) is 28.7 Å². The molecule has 1 fully saturated rings. The van der Waals surface area contributed by atoms with E-state index in [9.17, 15) is 5.11 Å². The first-order valence-corrected chi connectivity index (χ1v) is 6.01. The van der Waals surface area contributed by atoms with Gasteiger partial charge in [-0.05, 0) is 37.7 Å². The van der Waals surface area contributed by atoms with Crippen LogP contribution < -0.4 is 0 Å². The monoisotopic (exact) mass is 269 g/mol. The van der Waals surface area contributed by atoms with Gasteiger partial charge in [-0.15, -0.1) is 0 Å². The zero-order valence-corrected chi connectivity index (χ0v) is 10.5. The maximum atomic E-state index is 9.62. The number of hydrogen-bond donors (Lipinski definition) is 1. The van der Waals surface area contributed by atoms with Gasteiger partial charge in [-0.1, -0.05) is 28.1 Å². The first kappa shape index (κ1) is 11.1. The summed E-state index contributed by atoms with van der Waals surface area (Å²) >= 11 is 3.43. The maximum absolute atomic E-state index is 9.62. The fraction of sp³-hybridized carbons (Fsp3) is 0.500. The highest BCUT2D eigenvalue weighted by Crippen LogP contribution is 2.34. The molecule has 0 saturated carbocycles. The highest BCUT2D eigenvalue weighted by Gasteiger charge is 2.37. The Morgan fingerprint density at radius 2 is 2.07 bits per heavy atom. The summed E-state index contributed by atoms with van der Waals surface area (Å²) in [6, 6.07) is 8.31. The number of benzene rings is 1. The summed E-state index contributed by atoms with van der Waals surface area (Å²) in [5.41, 5.74) is 1.20. The highest BCUT2D eigenvalue weighted by molar-refractivity contribution is 9.10. The third-order valence-corrected chi connectivity index (χ3v) is 3.83. The van der Waals surface area contributed by atoms with Gasteiger partial charge in [0.25, 0.3) is 0 Å². The van der Waals surface area contributed by atoms with E-state index in [1.807, 2.05) is 12.1 Å². The SMILES string of the molecule is CN1CCC(CO)(c2ccc(Br)cc2)C1. The Hall–Kier alpha value is -0.380. The summed E-state index contributed by atoms with van der Waals surface area (Å²) < 4.78 is 1.09. The highest BCUT2D eigenvalue weighted by atomic mass is 79.9. The largest absolute Gasteiger partial charge is 0.395 e. The van der Waals surface area contributed by atoms with E-state index in [2.05, 4.69) is 40.0 Å².